The van der Waals surface area contributed by atoms with Gasteiger partial charge in [0.2, 0.25) is 0 Å². The second-order valence-electron chi connectivity index (χ2n) is 3.47. The fourth-order valence-corrected chi connectivity index (χ4v) is 2.38. The lowest BCUT2D eigenvalue weighted by atomic mass is 10.2. The van der Waals surface area contributed by atoms with Crippen molar-refractivity contribution >= 4 is 23.1 Å². The van der Waals surface area contributed by atoms with Gasteiger partial charge in [0, 0.05) is 5.38 Å². The van der Waals surface area contributed by atoms with Gasteiger partial charge >= 0.3 is 0 Å². The van der Waals surface area contributed by atoms with Crippen LogP contribution in [0.15, 0.2) is 5.38 Å². The van der Waals surface area contributed by atoms with Crippen LogP contribution in [0, 0.1) is 0 Å². The van der Waals surface area contributed by atoms with Crippen LogP contribution >= 0.6 is 23.1 Å². The molecule has 1 atom stereocenters. The molecule has 0 aliphatic carbocycles. The van der Waals surface area contributed by atoms with Crippen molar-refractivity contribution in [3.8, 4) is 0 Å². The minimum atomic E-state index is -0.456. The van der Waals surface area contributed by atoms with E-state index in [0.29, 0.717) is 0 Å². The maximum absolute atomic E-state index is 9.31. The van der Waals surface area contributed by atoms with Crippen molar-refractivity contribution in [3.05, 3.63) is 16.1 Å². The monoisotopic (exact) mass is 217 g/mol. The lowest BCUT2D eigenvalue weighted by Gasteiger charge is -2.18. The molecule has 1 aromatic heterocycles. The number of aliphatic hydroxyl groups is 1. The Morgan fingerprint density at radius 3 is 2.62 bits per heavy atom. The van der Waals surface area contributed by atoms with Crippen molar-refractivity contribution in [2.45, 2.75) is 31.6 Å². The molecule has 1 unspecified atom stereocenters. The average Bonchev–Trinajstić information content (AvgIpc) is 2.52. The molecule has 0 saturated carbocycles. The number of aromatic nitrogens is 1. The molecule has 1 aromatic rings. The summed E-state index contributed by atoms with van der Waals surface area (Å²) < 4.78 is 0.0534. The Morgan fingerprint density at radius 1 is 1.62 bits per heavy atom. The average molecular weight is 217 g/mol. The predicted octanol–water partition coefficient (Wildman–Crippen LogP) is 2.79. The molecule has 0 aliphatic rings. The molecule has 0 bridgehead atoms. The van der Waals surface area contributed by atoms with Crippen molar-refractivity contribution in [1.82, 2.24) is 4.98 Å². The lowest BCUT2D eigenvalue weighted by Crippen LogP contribution is -2.10. The lowest BCUT2D eigenvalue weighted by molar-refractivity contribution is 0.195. The van der Waals surface area contributed by atoms with E-state index in [2.05, 4.69) is 25.1 Å². The number of nitrogens with zero attached hydrogens (tertiary/aromatic N) is 1. The topological polar surface area (TPSA) is 33.1 Å². The Labute approximate surface area is 87.4 Å². The first kappa shape index (κ1) is 11.0. The summed E-state index contributed by atoms with van der Waals surface area (Å²) in [6.45, 7) is 6.02. The van der Waals surface area contributed by atoms with Gasteiger partial charge in [-0.25, -0.2) is 4.98 Å². The normalized spacial score (nSPS) is 14.5. The van der Waals surface area contributed by atoms with Crippen LogP contribution in [0.2, 0.25) is 0 Å². The van der Waals surface area contributed by atoms with Crippen LogP contribution in [0.25, 0.3) is 0 Å². The van der Waals surface area contributed by atoms with E-state index in [9.17, 15) is 5.11 Å². The molecule has 4 heteroatoms. The van der Waals surface area contributed by atoms with E-state index in [0.717, 1.165) is 10.7 Å². The number of thioether (sulfide) groups is 1. The molecule has 0 fully saturated rings. The highest BCUT2D eigenvalue weighted by molar-refractivity contribution is 7.99. The summed E-state index contributed by atoms with van der Waals surface area (Å²) in [5, 5.41) is 12.3. The van der Waals surface area contributed by atoms with E-state index in [1.54, 1.807) is 30.0 Å². The van der Waals surface area contributed by atoms with Crippen molar-refractivity contribution in [1.29, 1.82) is 0 Å². The number of rotatable bonds is 3. The van der Waals surface area contributed by atoms with Crippen LogP contribution in [0.5, 0.6) is 0 Å². The van der Waals surface area contributed by atoms with Gasteiger partial charge in [0.05, 0.1) is 16.5 Å². The third-order valence-electron chi connectivity index (χ3n) is 1.98. The summed E-state index contributed by atoms with van der Waals surface area (Å²) in [7, 11) is 0. The smallest absolute Gasteiger partial charge is 0.108 e. The molecule has 13 heavy (non-hydrogen) atoms. The molecule has 1 rings (SSSR count). The zero-order valence-corrected chi connectivity index (χ0v) is 10.00. The van der Waals surface area contributed by atoms with Crippen LogP contribution < -0.4 is 0 Å². The van der Waals surface area contributed by atoms with E-state index < -0.39 is 6.10 Å². The molecule has 1 N–H and O–H groups in total. The van der Waals surface area contributed by atoms with Gasteiger partial charge in [-0.15, -0.1) is 11.3 Å². The summed E-state index contributed by atoms with van der Waals surface area (Å²) in [4.78, 5) is 4.40. The summed E-state index contributed by atoms with van der Waals surface area (Å²) in [6.07, 6.45) is 1.62. The SMILES string of the molecule is CSC(C)(C)c1nc(C(C)O)cs1. The molecule has 0 saturated heterocycles. The van der Waals surface area contributed by atoms with Crippen molar-refractivity contribution < 1.29 is 5.11 Å². The fourth-order valence-electron chi connectivity index (χ4n) is 0.842. The maximum Gasteiger partial charge on any atom is 0.108 e. The van der Waals surface area contributed by atoms with Gasteiger partial charge in [0.15, 0.2) is 0 Å². The molecular formula is C9H15NOS2. The van der Waals surface area contributed by atoms with E-state index >= 15 is 0 Å². The standard InChI is InChI=1S/C9H15NOS2/c1-6(11)7-5-13-8(10-7)9(2,3)12-4/h5-6,11H,1-4H3. The molecule has 0 aliphatic heterocycles. The Hall–Kier alpha value is -0.0600. The highest BCUT2D eigenvalue weighted by Crippen LogP contribution is 2.36. The van der Waals surface area contributed by atoms with Crippen LogP contribution in [0.3, 0.4) is 0 Å². The zero-order valence-electron chi connectivity index (χ0n) is 8.37. The quantitative estimate of drug-likeness (QED) is 0.845. The van der Waals surface area contributed by atoms with Crippen LogP contribution in [0.1, 0.15) is 37.6 Å². The number of hydrogen-bond donors (Lipinski definition) is 1. The third-order valence-corrected chi connectivity index (χ3v) is 4.50. The van der Waals surface area contributed by atoms with Gasteiger partial charge in [0.25, 0.3) is 0 Å². The summed E-state index contributed by atoms with van der Waals surface area (Å²) >= 11 is 3.39. The van der Waals surface area contributed by atoms with Gasteiger partial charge in [-0.3, -0.25) is 0 Å². The molecule has 0 radical (unpaired) electrons. The molecule has 0 aromatic carbocycles. The first-order chi connectivity index (χ1) is 5.97. The summed E-state index contributed by atoms with van der Waals surface area (Å²) in [5.41, 5.74) is 0.780. The molecule has 0 amide bonds. The third kappa shape index (κ3) is 2.45. The van der Waals surface area contributed by atoms with Gasteiger partial charge < -0.3 is 5.11 Å². The Bertz CT molecular complexity index is 281. The van der Waals surface area contributed by atoms with E-state index in [-0.39, 0.29) is 4.75 Å². The Balaban J connectivity index is 2.91. The first-order valence-electron chi connectivity index (χ1n) is 4.16. The highest BCUT2D eigenvalue weighted by atomic mass is 32.2. The minimum Gasteiger partial charge on any atom is -0.387 e. The minimum absolute atomic E-state index is 0.0534. The van der Waals surface area contributed by atoms with E-state index in [4.69, 9.17) is 0 Å². The van der Waals surface area contributed by atoms with Gasteiger partial charge in [-0.1, -0.05) is 0 Å². The molecule has 2 nitrogen and oxygen atoms in total. The van der Waals surface area contributed by atoms with E-state index in [1.165, 1.54) is 0 Å². The molecule has 1 heterocycles. The van der Waals surface area contributed by atoms with Crippen LogP contribution in [0.4, 0.5) is 0 Å². The first-order valence-corrected chi connectivity index (χ1v) is 6.27. The van der Waals surface area contributed by atoms with E-state index in [1.807, 2.05) is 5.38 Å². The van der Waals surface area contributed by atoms with Crippen LogP contribution in [-0.4, -0.2) is 16.3 Å². The zero-order chi connectivity index (χ0) is 10.1. The second-order valence-corrected chi connectivity index (χ2v) is 5.75. The maximum atomic E-state index is 9.31. The molecule has 74 valence electrons. The van der Waals surface area contributed by atoms with Crippen molar-refractivity contribution in [2.75, 3.05) is 6.26 Å². The summed E-state index contributed by atoms with van der Waals surface area (Å²) in [6, 6.07) is 0. The Kier molecular flexibility index (Phi) is 3.38. The second kappa shape index (κ2) is 3.98. The molecular weight excluding hydrogens is 202 g/mol. The fraction of sp³-hybridized carbons (Fsp3) is 0.667. The molecule has 0 spiro atoms. The Morgan fingerprint density at radius 2 is 2.23 bits per heavy atom. The van der Waals surface area contributed by atoms with Gasteiger partial charge in [0.1, 0.15) is 5.01 Å². The highest BCUT2D eigenvalue weighted by Gasteiger charge is 2.23. The number of aliphatic hydroxyl groups excluding tert-OH is 1. The van der Waals surface area contributed by atoms with Gasteiger partial charge in [-0.2, -0.15) is 11.8 Å². The van der Waals surface area contributed by atoms with Crippen LogP contribution in [-0.2, 0) is 4.75 Å². The van der Waals surface area contributed by atoms with Crippen molar-refractivity contribution in [3.63, 3.8) is 0 Å². The van der Waals surface area contributed by atoms with Crippen molar-refractivity contribution in [2.24, 2.45) is 0 Å². The predicted molar refractivity (Wildman–Crippen MR) is 59.3 cm³/mol. The number of thiazole rings is 1. The summed E-state index contributed by atoms with van der Waals surface area (Å²) in [5.74, 6) is 0. The number of hydrogen-bond acceptors (Lipinski definition) is 4. The largest absolute Gasteiger partial charge is 0.387 e. The van der Waals surface area contributed by atoms with Gasteiger partial charge in [-0.05, 0) is 27.0 Å².